The third-order valence-electron chi connectivity index (χ3n) is 12.6. The molecule has 0 unspecified atom stereocenters. The summed E-state index contributed by atoms with van der Waals surface area (Å²) < 4.78 is 22.4. The monoisotopic (exact) mass is 793 g/mol. The number of benzene rings is 9. The van der Waals surface area contributed by atoms with Gasteiger partial charge in [0.25, 0.3) is 0 Å². The number of rotatable bonds is 4. The first-order chi connectivity index (χ1) is 30.7. The Bertz CT molecular complexity index is 4170. The third kappa shape index (κ3) is 4.69. The van der Waals surface area contributed by atoms with Gasteiger partial charge in [0, 0.05) is 49.0 Å². The Hall–Kier alpha value is -8.48. The van der Waals surface area contributed by atoms with Gasteiger partial charge in [0.2, 0.25) is 0 Å². The number of nitrogens with zero attached hydrogens (tertiary/aromatic N) is 3. The Morgan fingerprint density at radius 2 is 1.05 bits per heavy atom. The molecule has 6 heteroatoms. The highest BCUT2D eigenvalue weighted by atomic mass is 16.3. The van der Waals surface area contributed by atoms with Crippen LogP contribution in [0.15, 0.2) is 201 Å². The highest BCUT2D eigenvalue weighted by molar-refractivity contribution is 6.20. The average molecular weight is 794 g/mol. The van der Waals surface area contributed by atoms with Crippen LogP contribution >= 0.6 is 0 Å². The predicted molar refractivity (Wildman–Crippen MR) is 252 cm³/mol. The topological polar surface area (TPSA) is 70.1 Å². The quantitative estimate of drug-likeness (QED) is 0.177. The van der Waals surface area contributed by atoms with Crippen molar-refractivity contribution in [3.8, 4) is 39.5 Å². The van der Waals surface area contributed by atoms with Crippen LogP contribution in [0, 0.1) is 0 Å². The second kappa shape index (κ2) is 12.5. The second-order valence-electron chi connectivity index (χ2n) is 16.0. The SMILES string of the molecule is c1ccc(-c2nc(-c3cccc4oc5ccccc5c34)c3oc4ccc(-c5ccc(-n6c7ccccc7c7cc8ccccc8cc76)c6c5oc5ccccc56)cc4c3n2)cc1. The summed E-state index contributed by atoms with van der Waals surface area (Å²) in [6.45, 7) is 0. The van der Waals surface area contributed by atoms with E-state index in [1.807, 2.05) is 72.8 Å². The van der Waals surface area contributed by atoms with Crippen LogP contribution in [-0.2, 0) is 0 Å². The summed E-state index contributed by atoms with van der Waals surface area (Å²) in [5.41, 5.74) is 13.3. The van der Waals surface area contributed by atoms with E-state index in [0.29, 0.717) is 17.1 Å². The van der Waals surface area contributed by atoms with Gasteiger partial charge in [0.15, 0.2) is 11.4 Å². The van der Waals surface area contributed by atoms with Crippen molar-refractivity contribution in [1.82, 2.24) is 14.5 Å². The Labute approximate surface area is 352 Å². The molecule has 0 saturated heterocycles. The van der Waals surface area contributed by atoms with Crippen molar-refractivity contribution in [3.05, 3.63) is 188 Å². The van der Waals surface area contributed by atoms with Crippen LogP contribution in [0.25, 0.3) is 138 Å². The highest BCUT2D eigenvalue weighted by Gasteiger charge is 2.24. The summed E-state index contributed by atoms with van der Waals surface area (Å²) >= 11 is 0. The second-order valence-corrected chi connectivity index (χ2v) is 16.0. The largest absolute Gasteiger partial charge is 0.456 e. The minimum Gasteiger partial charge on any atom is -0.456 e. The molecule has 5 heterocycles. The number of aromatic nitrogens is 3. The summed E-state index contributed by atoms with van der Waals surface area (Å²) in [6, 6.07) is 65.5. The molecule has 0 spiro atoms. The summed E-state index contributed by atoms with van der Waals surface area (Å²) in [4.78, 5) is 10.5. The Morgan fingerprint density at radius 3 is 1.90 bits per heavy atom. The van der Waals surface area contributed by atoms with Crippen molar-refractivity contribution in [2.24, 2.45) is 0 Å². The molecule has 9 aromatic carbocycles. The normalized spacial score (nSPS) is 12.2. The number of hydrogen-bond acceptors (Lipinski definition) is 5. The first-order valence-electron chi connectivity index (χ1n) is 20.8. The van der Waals surface area contributed by atoms with E-state index in [0.717, 1.165) is 99.3 Å². The number of furan rings is 3. The molecule has 0 saturated carbocycles. The van der Waals surface area contributed by atoms with Gasteiger partial charge in [-0.15, -0.1) is 0 Å². The van der Waals surface area contributed by atoms with Crippen LogP contribution < -0.4 is 0 Å². The fraction of sp³-hybridized carbons (Fsp3) is 0. The molecule has 0 N–H and O–H groups in total. The van der Waals surface area contributed by atoms with Crippen LogP contribution in [0.3, 0.4) is 0 Å². The number of hydrogen-bond donors (Lipinski definition) is 0. The van der Waals surface area contributed by atoms with Gasteiger partial charge in [-0.1, -0.05) is 127 Å². The maximum absolute atomic E-state index is 6.90. The smallest absolute Gasteiger partial charge is 0.180 e. The Morgan fingerprint density at radius 1 is 0.371 bits per heavy atom. The average Bonchev–Trinajstić information content (AvgIpc) is 4.09. The van der Waals surface area contributed by atoms with E-state index < -0.39 is 0 Å². The van der Waals surface area contributed by atoms with Gasteiger partial charge < -0.3 is 17.8 Å². The van der Waals surface area contributed by atoms with Crippen LogP contribution in [0.2, 0.25) is 0 Å². The molecule has 0 radical (unpaired) electrons. The molecular weight excluding hydrogens is 763 g/mol. The van der Waals surface area contributed by atoms with Gasteiger partial charge in [-0.05, 0) is 77.0 Å². The summed E-state index contributed by atoms with van der Waals surface area (Å²) in [7, 11) is 0. The standard InChI is InChI=1S/C56H31N3O3/c1-2-13-32(14-3-1)56-57-52(40-20-12-24-49-50(40)38-18-7-10-22-46(38)60-49)55-53(58-56)42-30-35(25-28-48(42)62-55)36-26-27-44(51-39-19-8-11-23-47(39)61-54(36)51)59-43-21-9-6-17-37(43)41-29-33-15-4-5-16-34(33)31-45(41)59/h1-31H. The van der Waals surface area contributed by atoms with Gasteiger partial charge >= 0.3 is 0 Å². The van der Waals surface area contributed by atoms with Gasteiger partial charge in [-0.25, -0.2) is 9.97 Å². The molecule has 14 rings (SSSR count). The van der Waals surface area contributed by atoms with E-state index in [1.165, 1.54) is 21.5 Å². The fourth-order valence-electron chi connectivity index (χ4n) is 9.82. The lowest BCUT2D eigenvalue weighted by atomic mass is 9.99. The molecule has 0 fully saturated rings. The van der Waals surface area contributed by atoms with Crippen molar-refractivity contribution >= 4 is 98.5 Å². The molecule has 288 valence electrons. The van der Waals surface area contributed by atoms with Gasteiger partial charge in [-0.2, -0.15) is 0 Å². The molecule has 6 nitrogen and oxygen atoms in total. The minimum absolute atomic E-state index is 0.619. The van der Waals surface area contributed by atoms with E-state index in [2.05, 4.69) is 120 Å². The summed E-state index contributed by atoms with van der Waals surface area (Å²) in [5, 5.41) is 9.88. The van der Waals surface area contributed by atoms with Crippen molar-refractivity contribution < 1.29 is 13.3 Å². The maximum atomic E-state index is 6.90. The summed E-state index contributed by atoms with van der Waals surface area (Å²) in [6.07, 6.45) is 0. The van der Waals surface area contributed by atoms with E-state index >= 15 is 0 Å². The molecule has 0 aliphatic carbocycles. The summed E-state index contributed by atoms with van der Waals surface area (Å²) in [5.74, 6) is 0.619. The van der Waals surface area contributed by atoms with E-state index in [9.17, 15) is 0 Å². The molecule has 0 aliphatic heterocycles. The molecule has 62 heavy (non-hydrogen) atoms. The number of fused-ring (bicyclic) bond motifs is 13. The first-order valence-corrected chi connectivity index (χ1v) is 20.8. The minimum atomic E-state index is 0.619. The predicted octanol–water partition coefficient (Wildman–Crippen LogP) is 15.4. The van der Waals surface area contributed by atoms with Crippen molar-refractivity contribution in [1.29, 1.82) is 0 Å². The van der Waals surface area contributed by atoms with Crippen molar-refractivity contribution in [3.63, 3.8) is 0 Å². The molecule has 0 bridgehead atoms. The van der Waals surface area contributed by atoms with Gasteiger partial charge in [-0.3, -0.25) is 0 Å². The van der Waals surface area contributed by atoms with E-state index in [4.69, 9.17) is 23.2 Å². The van der Waals surface area contributed by atoms with Crippen LogP contribution in [-0.4, -0.2) is 14.5 Å². The fourth-order valence-corrected chi connectivity index (χ4v) is 9.82. The van der Waals surface area contributed by atoms with E-state index in [1.54, 1.807) is 0 Å². The maximum Gasteiger partial charge on any atom is 0.180 e. The zero-order valence-corrected chi connectivity index (χ0v) is 33.0. The Kier molecular flexibility index (Phi) is 6.74. The lowest BCUT2D eigenvalue weighted by Crippen LogP contribution is -1.96. The highest BCUT2D eigenvalue weighted by Crippen LogP contribution is 2.46. The zero-order valence-electron chi connectivity index (χ0n) is 33.0. The lowest BCUT2D eigenvalue weighted by Gasteiger charge is -2.12. The first kappa shape index (κ1) is 33.4. The van der Waals surface area contributed by atoms with Gasteiger partial charge in [0.1, 0.15) is 39.1 Å². The van der Waals surface area contributed by atoms with Gasteiger partial charge in [0.05, 0.1) is 22.1 Å². The molecule has 14 aromatic rings. The molecular formula is C56H31N3O3. The zero-order chi connectivity index (χ0) is 40.5. The lowest BCUT2D eigenvalue weighted by molar-refractivity contribution is 0.666. The Balaban J connectivity index is 1.03. The van der Waals surface area contributed by atoms with Crippen molar-refractivity contribution in [2.75, 3.05) is 0 Å². The molecule has 0 aliphatic rings. The van der Waals surface area contributed by atoms with Crippen LogP contribution in [0.1, 0.15) is 0 Å². The third-order valence-corrected chi connectivity index (χ3v) is 12.6. The van der Waals surface area contributed by atoms with Crippen LogP contribution in [0.4, 0.5) is 0 Å². The van der Waals surface area contributed by atoms with Crippen LogP contribution in [0.5, 0.6) is 0 Å². The van der Waals surface area contributed by atoms with Crippen molar-refractivity contribution in [2.45, 2.75) is 0 Å². The molecule has 0 atom stereocenters. The molecule has 5 aromatic heterocycles. The number of para-hydroxylation sites is 3. The van der Waals surface area contributed by atoms with E-state index in [-0.39, 0.29) is 0 Å². The molecule has 0 amide bonds.